The second-order valence-electron chi connectivity index (χ2n) is 3.88. The Morgan fingerprint density at radius 2 is 2.00 bits per heavy atom. The molecule has 1 N–H and O–H groups in total. The van der Waals surface area contributed by atoms with E-state index >= 15 is 0 Å². The van der Waals surface area contributed by atoms with Gasteiger partial charge in [-0.1, -0.05) is 0 Å². The van der Waals surface area contributed by atoms with Gasteiger partial charge in [0, 0.05) is 36.5 Å². The third-order valence-electron chi connectivity index (χ3n) is 2.50. The van der Waals surface area contributed by atoms with E-state index in [1.54, 1.807) is 12.1 Å². The highest BCUT2D eigenvalue weighted by molar-refractivity contribution is 5.55. The molecule has 0 aliphatic carbocycles. The molecular weight excluding hydrogens is 248 g/mol. The number of nitrogens with zero attached hydrogens (tertiary/aromatic N) is 1. The fourth-order valence-corrected chi connectivity index (χ4v) is 1.62. The van der Waals surface area contributed by atoms with Gasteiger partial charge in [0.15, 0.2) is 0 Å². The van der Waals surface area contributed by atoms with Gasteiger partial charge in [-0.2, -0.15) is 0 Å². The van der Waals surface area contributed by atoms with E-state index in [2.05, 4.69) is 5.32 Å². The van der Waals surface area contributed by atoms with Crippen molar-refractivity contribution in [2.45, 2.75) is 20.5 Å². The number of ether oxygens (including phenoxy) is 2. The van der Waals surface area contributed by atoms with Crippen molar-refractivity contribution >= 4 is 11.4 Å². The summed E-state index contributed by atoms with van der Waals surface area (Å²) in [5.41, 5.74) is 1.72. The van der Waals surface area contributed by atoms with Crippen LogP contribution in [0.5, 0.6) is 0 Å². The summed E-state index contributed by atoms with van der Waals surface area (Å²) in [6.45, 7) is 6.64. The molecule has 1 aromatic carbocycles. The molecule has 1 rings (SSSR count). The van der Waals surface area contributed by atoms with Gasteiger partial charge in [0.05, 0.1) is 24.7 Å². The standard InChI is InChI=1S/C13H20N2O4/c1-3-14-13-6-5-12(15(16)17)9-11(13)10-19-8-7-18-4-2/h5-6,9,14H,3-4,7-8,10H2,1-2H3. The highest BCUT2D eigenvalue weighted by Crippen LogP contribution is 2.22. The number of benzene rings is 1. The van der Waals surface area contributed by atoms with Gasteiger partial charge in [0.2, 0.25) is 0 Å². The van der Waals surface area contributed by atoms with E-state index in [-0.39, 0.29) is 5.69 Å². The second-order valence-corrected chi connectivity index (χ2v) is 3.88. The van der Waals surface area contributed by atoms with Crippen LogP contribution in [0.2, 0.25) is 0 Å². The highest BCUT2D eigenvalue weighted by atomic mass is 16.6. The Labute approximate surface area is 112 Å². The van der Waals surface area contributed by atoms with Crippen LogP contribution in [0, 0.1) is 10.1 Å². The Kier molecular flexibility index (Phi) is 6.84. The monoisotopic (exact) mass is 268 g/mol. The molecule has 6 nitrogen and oxygen atoms in total. The minimum atomic E-state index is -0.403. The van der Waals surface area contributed by atoms with Crippen LogP contribution < -0.4 is 5.32 Å². The average molecular weight is 268 g/mol. The van der Waals surface area contributed by atoms with Gasteiger partial charge >= 0.3 is 0 Å². The summed E-state index contributed by atoms with van der Waals surface area (Å²) >= 11 is 0. The molecule has 0 atom stereocenters. The minimum absolute atomic E-state index is 0.0741. The SMILES string of the molecule is CCNc1ccc([N+](=O)[O-])cc1COCCOCC. The van der Waals surface area contributed by atoms with Crippen LogP contribution in [0.25, 0.3) is 0 Å². The van der Waals surface area contributed by atoms with Crippen LogP contribution in [0.1, 0.15) is 19.4 Å². The topological polar surface area (TPSA) is 73.6 Å². The number of non-ortho nitro benzene ring substituents is 1. The molecule has 0 unspecified atom stereocenters. The maximum Gasteiger partial charge on any atom is 0.269 e. The number of anilines is 1. The quantitative estimate of drug-likeness (QED) is 0.423. The number of nitrogens with one attached hydrogen (secondary N) is 1. The molecule has 6 heteroatoms. The summed E-state index contributed by atoms with van der Waals surface area (Å²) in [6, 6.07) is 4.74. The first-order chi connectivity index (χ1) is 9.19. The number of hydrogen-bond acceptors (Lipinski definition) is 5. The fourth-order valence-electron chi connectivity index (χ4n) is 1.62. The predicted octanol–water partition coefficient (Wildman–Crippen LogP) is 2.58. The van der Waals surface area contributed by atoms with Crippen LogP contribution in [-0.2, 0) is 16.1 Å². The van der Waals surface area contributed by atoms with E-state index in [1.165, 1.54) is 6.07 Å². The molecule has 1 aromatic rings. The lowest BCUT2D eigenvalue weighted by molar-refractivity contribution is -0.384. The van der Waals surface area contributed by atoms with Crippen molar-refractivity contribution in [1.29, 1.82) is 0 Å². The maximum atomic E-state index is 10.8. The zero-order chi connectivity index (χ0) is 14.1. The van der Waals surface area contributed by atoms with Crippen molar-refractivity contribution in [2.75, 3.05) is 31.7 Å². The van der Waals surface area contributed by atoms with Gasteiger partial charge in [-0.25, -0.2) is 0 Å². The Balaban J connectivity index is 2.65. The zero-order valence-corrected chi connectivity index (χ0v) is 11.3. The summed E-state index contributed by atoms with van der Waals surface area (Å²) in [5, 5.41) is 13.9. The van der Waals surface area contributed by atoms with Crippen LogP contribution in [0.15, 0.2) is 18.2 Å². The summed E-state index contributed by atoms with van der Waals surface area (Å²) in [4.78, 5) is 10.4. The molecular formula is C13H20N2O4. The van der Waals surface area contributed by atoms with Crippen molar-refractivity contribution in [3.8, 4) is 0 Å². The lowest BCUT2D eigenvalue weighted by Crippen LogP contribution is -2.07. The number of hydrogen-bond donors (Lipinski definition) is 1. The molecule has 0 spiro atoms. The lowest BCUT2D eigenvalue weighted by Gasteiger charge is -2.11. The van der Waals surface area contributed by atoms with Crippen LogP contribution in [0.3, 0.4) is 0 Å². The van der Waals surface area contributed by atoms with Crippen molar-refractivity contribution in [3.63, 3.8) is 0 Å². The van der Waals surface area contributed by atoms with E-state index in [0.717, 1.165) is 17.8 Å². The zero-order valence-electron chi connectivity index (χ0n) is 11.3. The third-order valence-corrected chi connectivity index (χ3v) is 2.50. The molecule has 106 valence electrons. The van der Waals surface area contributed by atoms with Crippen LogP contribution in [-0.4, -0.2) is 31.3 Å². The molecule has 0 bridgehead atoms. The molecule has 0 aliphatic rings. The molecule has 0 aliphatic heterocycles. The van der Waals surface area contributed by atoms with E-state index in [1.807, 2.05) is 13.8 Å². The summed E-state index contributed by atoms with van der Waals surface area (Å²) < 4.78 is 10.6. The Hall–Kier alpha value is -1.66. The molecule has 0 radical (unpaired) electrons. The van der Waals surface area contributed by atoms with E-state index in [9.17, 15) is 10.1 Å². The Morgan fingerprint density at radius 3 is 2.63 bits per heavy atom. The first-order valence-corrected chi connectivity index (χ1v) is 6.35. The fraction of sp³-hybridized carbons (Fsp3) is 0.538. The van der Waals surface area contributed by atoms with Gasteiger partial charge < -0.3 is 14.8 Å². The summed E-state index contributed by atoms with van der Waals surface area (Å²) in [5.74, 6) is 0. The van der Waals surface area contributed by atoms with Crippen molar-refractivity contribution in [1.82, 2.24) is 0 Å². The van der Waals surface area contributed by atoms with E-state index < -0.39 is 4.92 Å². The van der Waals surface area contributed by atoms with Gasteiger partial charge in [-0.15, -0.1) is 0 Å². The number of nitro groups is 1. The van der Waals surface area contributed by atoms with Gasteiger partial charge in [0.25, 0.3) is 5.69 Å². The van der Waals surface area contributed by atoms with E-state index in [4.69, 9.17) is 9.47 Å². The molecule has 0 aromatic heterocycles. The molecule has 0 heterocycles. The summed E-state index contributed by atoms with van der Waals surface area (Å²) in [6.07, 6.45) is 0. The highest BCUT2D eigenvalue weighted by Gasteiger charge is 2.10. The maximum absolute atomic E-state index is 10.8. The smallest absolute Gasteiger partial charge is 0.269 e. The molecule has 19 heavy (non-hydrogen) atoms. The largest absolute Gasteiger partial charge is 0.385 e. The van der Waals surface area contributed by atoms with E-state index in [0.29, 0.717) is 26.4 Å². The summed E-state index contributed by atoms with van der Waals surface area (Å²) in [7, 11) is 0. The molecule has 0 saturated carbocycles. The minimum Gasteiger partial charge on any atom is -0.385 e. The molecule has 0 fully saturated rings. The van der Waals surface area contributed by atoms with Crippen molar-refractivity contribution < 1.29 is 14.4 Å². The first-order valence-electron chi connectivity index (χ1n) is 6.35. The number of nitro benzene ring substituents is 1. The number of rotatable bonds is 9. The van der Waals surface area contributed by atoms with Crippen LogP contribution >= 0.6 is 0 Å². The molecule has 0 amide bonds. The van der Waals surface area contributed by atoms with Crippen molar-refractivity contribution in [3.05, 3.63) is 33.9 Å². The predicted molar refractivity (Wildman–Crippen MR) is 73.4 cm³/mol. The Bertz CT molecular complexity index is 410. The second kappa shape index (κ2) is 8.44. The lowest BCUT2D eigenvalue weighted by atomic mass is 10.1. The normalized spacial score (nSPS) is 10.4. The third kappa shape index (κ3) is 5.23. The average Bonchev–Trinajstić information content (AvgIpc) is 2.40. The Morgan fingerprint density at radius 1 is 1.26 bits per heavy atom. The van der Waals surface area contributed by atoms with Gasteiger partial charge in [-0.05, 0) is 19.9 Å². The van der Waals surface area contributed by atoms with Crippen molar-refractivity contribution in [2.24, 2.45) is 0 Å². The van der Waals surface area contributed by atoms with Gasteiger partial charge in [0.1, 0.15) is 0 Å². The van der Waals surface area contributed by atoms with Gasteiger partial charge in [-0.3, -0.25) is 10.1 Å². The first kappa shape index (κ1) is 15.4. The molecule has 0 saturated heterocycles. The van der Waals surface area contributed by atoms with Crippen LogP contribution in [0.4, 0.5) is 11.4 Å².